The van der Waals surface area contributed by atoms with Crippen LogP contribution < -0.4 is 5.32 Å². The first-order valence-corrected chi connectivity index (χ1v) is 5.32. The average molecular weight is 233 g/mol. The van der Waals surface area contributed by atoms with Crippen molar-refractivity contribution in [1.29, 1.82) is 0 Å². The SMILES string of the molecule is Cc1nn(C)cc1NC(=O)c1c(C)n[nH]c1C. The van der Waals surface area contributed by atoms with Crippen LogP contribution in [0.1, 0.15) is 27.4 Å². The maximum atomic E-state index is 12.1. The minimum Gasteiger partial charge on any atom is -0.319 e. The third-order valence-corrected chi connectivity index (χ3v) is 2.62. The summed E-state index contributed by atoms with van der Waals surface area (Å²) >= 11 is 0. The third kappa shape index (κ3) is 2.06. The Morgan fingerprint density at radius 1 is 1.35 bits per heavy atom. The number of carbonyl (C=O) groups excluding carboxylic acids is 1. The van der Waals surface area contributed by atoms with E-state index in [2.05, 4.69) is 20.6 Å². The Hall–Kier alpha value is -2.11. The highest BCUT2D eigenvalue weighted by Crippen LogP contribution is 2.15. The summed E-state index contributed by atoms with van der Waals surface area (Å²) in [4.78, 5) is 12.1. The van der Waals surface area contributed by atoms with E-state index < -0.39 is 0 Å². The number of aromatic nitrogens is 4. The van der Waals surface area contributed by atoms with Gasteiger partial charge in [0, 0.05) is 18.9 Å². The lowest BCUT2D eigenvalue weighted by molar-refractivity contribution is 0.102. The minimum absolute atomic E-state index is 0.162. The molecule has 0 unspecified atom stereocenters. The van der Waals surface area contributed by atoms with Crippen LogP contribution in [0.25, 0.3) is 0 Å². The van der Waals surface area contributed by atoms with E-state index in [-0.39, 0.29) is 5.91 Å². The molecular weight excluding hydrogens is 218 g/mol. The molecule has 0 saturated carbocycles. The molecule has 0 aliphatic rings. The van der Waals surface area contributed by atoms with Crippen molar-refractivity contribution in [1.82, 2.24) is 20.0 Å². The van der Waals surface area contributed by atoms with Crippen molar-refractivity contribution >= 4 is 11.6 Å². The molecule has 0 saturated heterocycles. The minimum atomic E-state index is -0.162. The lowest BCUT2D eigenvalue weighted by Gasteiger charge is -2.03. The molecule has 2 aromatic heterocycles. The Bertz CT molecular complexity index is 547. The first kappa shape index (κ1) is 11.4. The van der Waals surface area contributed by atoms with Gasteiger partial charge in [0.05, 0.1) is 22.6 Å². The average Bonchev–Trinajstić information content (AvgIpc) is 2.71. The van der Waals surface area contributed by atoms with Gasteiger partial charge in [0.1, 0.15) is 0 Å². The number of hydrogen-bond acceptors (Lipinski definition) is 3. The second-order valence-corrected chi connectivity index (χ2v) is 4.06. The van der Waals surface area contributed by atoms with E-state index in [1.165, 1.54) is 0 Å². The molecule has 0 radical (unpaired) electrons. The lowest BCUT2D eigenvalue weighted by Crippen LogP contribution is -2.13. The van der Waals surface area contributed by atoms with Gasteiger partial charge >= 0.3 is 0 Å². The molecule has 0 aliphatic heterocycles. The zero-order valence-corrected chi connectivity index (χ0v) is 10.3. The molecule has 2 heterocycles. The van der Waals surface area contributed by atoms with E-state index in [0.717, 1.165) is 17.1 Å². The second kappa shape index (κ2) is 4.04. The van der Waals surface area contributed by atoms with Gasteiger partial charge in [-0.2, -0.15) is 10.2 Å². The van der Waals surface area contributed by atoms with Crippen LogP contribution in [0.3, 0.4) is 0 Å². The summed E-state index contributed by atoms with van der Waals surface area (Å²) in [5.41, 5.74) is 3.56. The smallest absolute Gasteiger partial charge is 0.259 e. The fraction of sp³-hybridized carbons (Fsp3) is 0.364. The van der Waals surface area contributed by atoms with Crippen LogP contribution in [0.2, 0.25) is 0 Å². The van der Waals surface area contributed by atoms with E-state index in [0.29, 0.717) is 11.3 Å². The summed E-state index contributed by atoms with van der Waals surface area (Å²) in [6.45, 7) is 5.48. The summed E-state index contributed by atoms with van der Waals surface area (Å²) in [5, 5.41) is 13.8. The monoisotopic (exact) mass is 233 g/mol. The number of aryl methyl sites for hydroxylation is 4. The van der Waals surface area contributed by atoms with E-state index in [4.69, 9.17) is 0 Å². The molecule has 0 fully saturated rings. The molecule has 1 amide bonds. The van der Waals surface area contributed by atoms with Gasteiger partial charge in [-0.25, -0.2) is 0 Å². The van der Waals surface area contributed by atoms with Crippen LogP contribution in [0.15, 0.2) is 6.20 Å². The van der Waals surface area contributed by atoms with Gasteiger partial charge in [0.25, 0.3) is 5.91 Å². The third-order valence-electron chi connectivity index (χ3n) is 2.62. The first-order chi connectivity index (χ1) is 7.99. The fourth-order valence-electron chi connectivity index (χ4n) is 1.79. The summed E-state index contributed by atoms with van der Waals surface area (Å²) in [7, 11) is 1.82. The van der Waals surface area contributed by atoms with Crippen molar-refractivity contribution in [2.45, 2.75) is 20.8 Å². The molecular formula is C11H15N5O. The van der Waals surface area contributed by atoms with Crippen LogP contribution >= 0.6 is 0 Å². The predicted molar refractivity (Wildman–Crippen MR) is 64.0 cm³/mol. The highest BCUT2D eigenvalue weighted by atomic mass is 16.1. The van der Waals surface area contributed by atoms with Crippen LogP contribution in [-0.2, 0) is 7.05 Å². The highest BCUT2D eigenvalue weighted by Gasteiger charge is 2.16. The molecule has 2 N–H and O–H groups in total. The molecule has 0 bridgehead atoms. The largest absolute Gasteiger partial charge is 0.319 e. The van der Waals surface area contributed by atoms with Crippen molar-refractivity contribution < 1.29 is 4.79 Å². The van der Waals surface area contributed by atoms with Crippen LogP contribution in [0.5, 0.6) is 0 Å². The quantitative estimate of drug-likeness (QED) is 0.821. The number of aromatic amines is 1. The summed E-state index contributed by atoms with van der Waals surface area (Å²) in [5.74, 6) is -0.162. The summed E-state index contributed by atoms with van der Waals surface area (Å²) in [6, 6.07) is 0. The number of hydrogen-bond donors (Lipinski definition) is 2. The number of amides is 1. The number of carbonyl (C=O) groups is 1. The van der Waals surface area contributed by atoms with Gasteiger partial charge in [-0.1, -0.05) is 0 Å². The fourth-order valence-corrected chi connectivity index (χ4v) is 1.79. The molecule has 0 aliphatic carbocycles. The van der Waals surface area contributed by atoms with E-state index in [1.54, 1.807) is 17.8 Å². The number of H-pyrrole nitrogens is 1. The molecule has 2 aromatic rings. The molecule has 17 heavy (non-hydrogen) atoms. The number of rotatable bonds is 2. The number of anilines is 1. The zero-order valence-electron chi connectivity index (χ0n) is 10.3. The van der Waals surface area contributed by atoms with Crippen molar-refractivity contribution in [3.8, 4) is 0 Å². The Kier molecular flexibility index (Phi) is 2.71. The maximum Gasteiger partial charge on any atom is 0.259 e. The van der Waals surface area contributed by atoms with E-state index in [1.807, 2.05) is 20.9 Å². The van der Waals surface area contributed by atoms with Gasteiger partial charge in [-0.15, -0.1) is 0 Å². The topological polar surface area (TPSA) is 75.6 Å². The van der Waals surface area contributed by atoms with E-state index in [9.17, 15) is 4.79 Å². The summed E-state index contributed by atoms with van der Waals surface area (Å²) < 4.78 is 1.67. The summed E-state index contributed by atoms with van der Waals surface area (Å²) in [6.07, 6.45) is 1.78. The number of nitrogens with zero attached hydrogens (tertiary/aromatic N) is 3. The molecule has 0 atom stereocenters. The lowest BCUT2D eigenvalue weighted by atomic mass is 10.2. The zero-order chi connectivity index (χ0) is 12.6. The Morgan fingerprint density at radius 3 is 2.53 bits per heavy atom. The van der Waals surface area contributed by atoms with E-state index >= 15 is 0 Å². The molecule has 0 spiro atoms. The van der Waals surface area contributed by atoms with Crippen molar-refractivity contribution in [3.05, 3.63) is 28.8 Å². The van der Waals surface area contributed by atoms with Gasteiger partial charge in [0.15, 0.2) is 0 Å². The number of nitrogens with one attached hydrogen (secondary N) is 2. The molecule has 2 rings (SSSR count). The molecule has 6 heteroatoms. The molecule has 6 nitrogen and oxygen atoms in total. The van der Waals surface area contributed by atoms with Crippen molar-refractivity contribution in [3.63, 3.8) is 0 Å². The van der Waals surface area contributed by atoms with Gasteiger partial charge < -0.3 is 5.32 Å². The first-order valence-electron chi connectivity index (χ1n) is 5.32. The predicted octanol–water partition coefficient (Wildman–Crippen LogP) is 1.32. The Morgan fingerprint density at radius 2 is 2.06 bits per heavy atom. The van der Waals surface area contributed by atoms with Crippen molar-refractivity contribution in [2.24, 2.45) is 7.05 Å². The Labute approximate surface area is 99.0 Å². The van der Waals surface area contributed by atoms with Gasteiger partial charge in [0.2, 0.25) is 0 Å². The maximum absolute atomic E-state index is 12.1. The normalized spacial score (nSPS) is 10.6. The van der Waals surface area contributed by atoms with Gasteiger partial charge in [-0.05, 0) is 20.8 Å². The van der Waals surface area contributed by atoms with Crippen molar-refractivity contribution in [2.75, 3.05) is 5.32 Å². The Balaban J connectivity index is 2.26. The molecule has 90 valence electrons. The standard InChI is InChI=1S/C11H15N5O/c1-6-9(5-16(4)15-6)12-11(17)10-7(2)13-14-8(10)3/h5H,1-4H3,(H,12,17)(H,13,14). The van der Waals surface area contributed by atoms with Crippen LogP contribution in [0, 0.1) is 20.8 Å². The van der Waals surface area contributed by atoms with Crippen LogP contribution in [0.4, 0.5) is 5.69 Å². The van der Waals surface area contributed by atoms with Gasteiger partial charge in [-0.3, -0.25) is 14.6 Å². The highest BCUT2D eigenvalue weighted by molar-refractivity contribution is 6.06. The molecule has 0 aromatic carbocycles. The van der Waals surface area contributed by atoms with Crippen LogP contribution in [-0.4, -0.2) is 25.9 Å². The second-order valence-electron chi connectivity index (χ2n) is 4.06.